The Morgan fingerprint density at radius 2 is 1.88 bits per heavy atom. The summed E-state index contributed by atoms with van der Waals surface area (Å²) in [5.74, 6) is 0. The van der Waals surface area contributed by atoms with Gasteiger partial charge in [-0.1, -0.05) is 44.2 Å². The average molecular weight is 221 g/mol. The molecule has 0 aromatic heterocycles. The minimum atomic E-state index is 0.0746. The number of hydrogen-bond acceptors (Lipinski definition) is 2. The van der Waals surface area contributed by atoms with E-state index in [2.05, 4.69) is 49.5 Å². The first-order valence-electron chi connectivity index (χ1n) is 5.93. The maximum absolute atomic E-state index is 5.53. The van der Waals surface area contributed by atoms with Crippen LogP contribution in [-0.2, 0) is 10.2 Å². The Bertz CT molecular complexity index is 295. The molecule has 0 aliphatic carbocycles. The van der Waals surface area contributed by atoms with Gasteiger partial charge >= 0.3 is 0 Å². The summed E-state index contributed by atoms with van der Waals surface area (Å²) in [5, 5.41) is 3.35. The SMILES string of the molecule is CCOCC(NC)C(C)(C)c1ccccc1. The Morgan fingerprint density at radius 1 is 1.25 bits per heavy atom. The van der Waals surface area contributed by atoms with E-state index in [0.717, 1.165) is 13.2 Å². The summed E-state index contributed by atoms with van der Waals surface area (Å²) in [6.45, 7) is 8.05. The van der Waals surface area contributed by atoms with Crippen LogP contribution in [0.5, 0.6) is 0 Å². The molecule has 0 aliphatic rings. The number of benzene rings is 1. The highest BCUT2D eigenvalue weighted by Gasteiger charge is 2.29. The Morgan fingerprint density at radius 3 is 2.38 bits per heavy atom. The van der Waals surface area contributed by atoms with Crippen LogP contribution >= 0.6 is 0 Å². The number of hydrogen-bond donors (Lipinski definition) is 1. The molecule has 0 heterocycles. The van der Waals surface area contributed by atoms with E-state index in [4.69, 9.17) is 4.74 Å². The second-order valence-electron chi connectivity index (χ2n) is 4.59. The van der Waals surface area contributed by atoms with Gasteiger partial charge in [-0.05, 0) is 19.5 Å². The van der Waals surface area contributed by atoms with E-state index in [1.807, 2.05) is 14.0 Å². The van der Waals surface area contributed by atoms with E-state index in [1.54, 1.807) is 0 Å². The van der Waals surface area contributed by atoms with Gasteiger partial charge in [-0.15, -0.1) is 0 Å². The lowest BCUT2D eigenvalue weighted by Crippen LogP contribution is -2.46. The molecule has 1 unspecified atom stereocenters. The first-order valence-corrected chi connectivity index (χ1v) is 5.93. The van der Waals surface area contributed by atoms with Gasteiger partial charge in [0, 0.05) is 18.1 Å². The van der Waals surface area contributed by atoms with Crippen molar-refractivity contribution < 1.29 is 4.74 Å². The smallest absolute Gasteiger partial charge is 0.0627 e. The second-order valence-corrected chi connectivity index (χ2v) is 4.59. The van der Waals surface area contributed by atoms with Crippen LogP contribution in [0.25, 0.3) is 0 Å². The molecule has 1 rings (SSSR count). The van der Waals surface area contributed by atoms with Gasteiger partial charge in [-0.3, -0.25) is 0 Å². The summed E-state index contributed by atoms with van der Waals surface area (Å²) in [5.41, 5.74) is 1.42. The molecule has 1 N–H and O–H groups in total. The van der Waals surface area contributed by atoms with Crippen molar-refractivity contribution in [1.29, 1.82) is 0 Å². The van der Waals surface area contributed by atoms with Crippen LogP contribution in [0.3, 0.4) is 0 Å². The molecule has 0 amide bonds. The molecule has 0 spiro atoms. The molecule has 1 aromatic carbocycles. The predicted molar refractivity (Wildman–Crippen MR) is 68.8 cm³/mol. The molecular weight excluding hydrogens is 198 g/mol. The van der Waals surface area contributed by atoms with E-state index in [9.17, 15) is 0 Å². The summed E-state index contributed by atoms with van der Waals surface area (Å²) in [6.07, 6.45) is 0. The lowest BCUT2D eigenvalue weighted by molar-refractivity contribution is 0.102. The molecule has 0 saturated heterocycles. The van der Waals surface area contributed by atoms with Crippen molar-refractivity contribution in [2.75, 3.05) is 20.3 Å². The van der Waals surface area contributed by atoms with Crippen LogP contribution in [-0.4, -0.2) is 26.3 Å². The largest absolute Gasteiger partial charge is 0.380 e. The fraction of sp³-hybridized carbons (Fsp3) is 0.571. The topological polar surface area (TPSA) is 21.3 Å². The summed E-state index contributed by atoms with van der Waals surface area (Å²) in [7, 11) is 1.99. The average Bonchev–Trinajstić information content (AvgIpc) is 2.31. The van der Waals surface area contributed by atoms with Crippen molar-refractivity contribution in [1.82, 2.24) is 5.32 Å². The first-order chi connectivity index (χ1) is 7.62. The number of likely N-dealkylation sites (N-methyl/N-ethyl adjacent to an activating group) is 1. The maximum Gasteiger partial charge on any atom is 0.0627 e. The normalized spacial score (nSPS) is 13.8. The van der Waals surface area contributed by atoms with Gasteiger partial charge in [-0.25, -0.2) is 0 Å². The lowest BCUT2D eigenvalue weighted by atomic mass is 9.78. The van der Waals surface area contributed by atoms with Crippen LogP contribution in [0, 0.1) is 0 Å². The third-order valence-electron chi connectivity index (χ3n) is 3.23. The Labute approximate surface area is 99.0 Å². The van der Waals surface area contributed by atoms with Crippen molar-refractivity contribution in [2.45, 2.75) is 32.2 Å². The molecule has 2 nitrogen and oxygen atoms in total. The molecule has 0 fully saturated rings. The number of ether oxygens (including phenoxy) is 1. The predicted octanol–water partition coefficient (Wildman–Crippen LogP) is 2.59. The Kier molecular flexibility index (Phi) is 4.97. The Hall–Kier alpha value is -0.860. The minimum absolute atomic E-state index is 0.0746. The van der Waals surface area contributed by atoms with Crippen molar-refractivity contribution in [3.63, 3.8) is 0 Å². The zero-order valence-electron chi connectivity index (χ0n) is 10.8. The molecule has 0 aliphatic heterocycles. The molecule has 0 radical (unpaired) electrons. The van der Waals surface area contributed by atoms with Gasteiger partial charge in [0.1, 0.15) is 0 Å². The molecule has 0 saturated carbocycles. The minimum Gasteiger partial charge on any atom is -0.380 e. The second kappa shape index (κ2) is 6.02. The Balaban J connectivity index is 2.81. The van der Waals surface area contributed by atoms with E-state index >= 15 is 0 Å². The van der Waals surface area contributed by atoms with Crippen molar-refractivity contribution in [3.05, 3.63) is 35.9 Å². The fourth-order valence-electron chi connectivity index (χ4n) is 1.96. The van der Waals surface area contributed by atoms with Crippen molar-refractivity contribution >= 4 is 0 Å². The third kappa shape index (κ3) is 3.06. The van der Waals surface area contributed by atoms with Crippen LogP contribution in [0.1, 0.15) is 26.3 Å². The molecule has 16 heavy (non-hydrogen) atoms. The molecule has 90 valence electrons. The van der Waals surface area contributed by atoms with Crippen LogP contribution < -0.4 is 5.32 Å². The first kappa shape index (κ1) is 13.2. The van der Waals surface area contributed by atoms with Gasteiger partial charge in [0.15, 0.2) is 0 Å². The van der Waals surface area contributed by atoms with Crippen LogP contribution in [0.2, 0.25) is 0 Å². The molecule has 1 aromatic rings. The number of rotatable bonds is 6. The van der Waals surface area contributed by atoms with E-state index in [0.29, 0.717) is 6.04 Å². The zero-order valence-corrected chi connectivity index (χ0v) is 10.8. The van der Waals surface area contributed by atoms with Gasteiger partial charge in [-0.2, -0.15) is 0 Å². The molecule has 1 atom stereocenters. The van der Waals surface area contributed by atoms with Gasteiger partial charge < -0.3 is 10.1 Å². The quantitative estimate of drug-likeness (QED) is 0.797. The van der Waals surface area contributed by atoms with Crippen LogP contribution in [0.4, 0.5) is 0 Å². The zero-order chi connectivity index (χ0) is 12.0. The molecular formula is C14H23NO. The standard InChI is InChI=1S/C14H23NO/c1-5-16-11-13(15-4)14(2,3)12-9-7-6-8-10-12/h6-10,13,15H,5,11H2,1-4H3. The highest BCUT2D eigenvalue weighted by Crippen LogP contribution is 2.27. The van der Waals surface area contributed by atoms with E-state index < -0.39 is 0 Å². The third-order valence-corrected chi connectivity index (χ3v) is 3.23. The van der Waals surface area contributed by atoms with Crippen LogP contribution in [0.15, 0.2) is 30.3 Å². The summed E-state index contributed by atoms with van der Waals surface area (Å²) >= 11 is 0. The van der Waals surface area contributed by atoms with Gasteiger partial charge in [0.05, 0.1) is 6.61 Å². The monoisotopic (exact) mass is 221 g/mol. The van der Waals surface area contributed by atoms with Crippen molar-refractivity contribution in [2.24, 2.45) is 0 Å². The fourth-order valence-corrected chi connectivity index (χ4v) is 1.96. The number of nitrogens with one attached hydrogen (secondary N) is 1. The summed E-state index contributed by atoms with van der Waals surface area (Å²) in [6, 6.07) is 10.9. The van der Waals surface area contributed by atoms with Gasteiger partial charge in [0.25, 0.3) is 0 Å². The lowest BCUT2D eigenvalue weighted by Gasteiger charge is -2.34. The van der Waals surface area contributed by atoms with Gasteiger partial charge in [0.2, 0.25) is 0 Å². The highest BCUT2D eigenvalue weighted by atomic mass is 16.5. The van der Waals surface area contributed by atoms with Crippen molar-refractivity contribution in [3.8, 4) is 0 Å². The van der Waals surface area contributed by atoms with E-state index in [-0.39, 0.29) is 5.41 Å². The highest BCUT2D eigenvalue weighted by molar-refractivity contribution is 5.25. The summed E-state index contributed by atoms with van der Waals surface area (Å²) < 4.78 is 5.53. The van der Waals surface area contributed by atoms with E-state index in [1.165, 1.54) is 5.56 Å². The summed E-state index contributed by atoms with van der Waals surface area (Å²) in [4.78, 5) is 0. The molecule has 2 heteroatoms. The molecule has 0 bridgehead atoms. The maximum atomic E-state index is 5.53.